The second kappa shape index (κ2) is 7.36. The van der Waals surface area contributed by atoms with Crippen LogP contribution in [0.2, 0.25) is 5.02 Å². The summed E-state index contributed by atoms with van der Waals surface area (Å²) in [6, 6.07) is 13.4. The van der Waals surface area contributed by atoms with Gasteiger partial charge in [0.05, 0.1) is 14.2 Å². The number of methoxy groups -OCH3 is 2. The van der Waals surface area contributed by atoms with Gasteiger partial charge in [0.25, 0.3) is 0 Å². The zero-order valence-corrected chi connectivity index (χ0v) is 15.4. The lowest BCUT2D eigenvalue weighted by molar-refractivity contribution is -0.131. The number of carbonyl (C=O) groups is 1. The summed E-state index contributed by atoms with van der Waals surface area (Å²) in [5, 5.41) is 0.738. The molecule has 0 N–H and O–H groups in total. The summed E-state index contributed by atoms with van der Waals surface area (Å²) in [5.41, 5.74) is 2.02. The lowest BCUT2D eigenvalue weighted by atomic mass is 10.1. The van der Waals surface area contributed by atoms with Gasteiger partial charge < -0.3 is 14.4 Å². The molecule has 2 aromatic rings. The summed E-state index contributed by atoms with van der Waals surface area (Å²) in [6.45, 7) is 0.498. The molecule has 1 aliphatic rings. The van der Waals surface area contributed by atoms with E-state index in [4.69, 9.17) is 21.1 Å². The maximum absolute atomic E-state index is 12.7. The van der Waals surface area contributed by atoms with Crippen molar-refractivity contribution in [2.75, 3.05) is 21.3 Å². The number of amides is 1. The highest BCUT2D eigenvalue weighted by Crippen LogP contribution is 2.50. The summed E-state index contributed by atoms with van der Waals surface area (Å²) in [5.74, 6) is 1.83. The first-order valence-corrected chi connectivity index (χ1v) is 8.63. The van der Waals surface area contributed by atoms with Gasteiger partial charge in [-0.05, 0) is 36.1 Å². The number of hydrogen-bond acceptors (Lipinski definition) is 3. The molecular weight excluding hydrogens is 338 g/mol. The molecule has 0 radical (unpaired) electrons. The quantitative estimate of drug-likeness (QED) is 0.778. The molecule has 5 heteroatoms. The van der Waals surface area contributed by atoms with Crippen LogP contribution < -0.4 is 9.47 Å². The minimum Gasteiger partial charge on any atom is -0.497 e. The Morgan fingerprint density at radius 3 is 2.64 bits per heavy atom. The minimum atomic E-state index is 0.00847. The van der Waals surface area contributed by atoms with Crippen LogP contribution in [0, 0.1) is 5.92 Å². The molecule has 0 spiro atoms. The molecule has 0 aromatic heterocycles. The molecule has 132 valence electrons. The molecule has 1 aliphatic carbocycles. The van der Waals surface area contributed by atoms with Crippen molar-refractivity contribution in [3.05, 3.63) is 58.6 Å². The highest BCUT2D eigenvalue weighted by Gasteiger charge is 2.45. The van der Waals surface area contributed by atoms with Gasteiger partial charge in [0.2, 0.25) is 5.91 Å². The number of hydrogen-bond donors (Lipinski definition) is 0. The molecule has 2 atom stereocenters. The Balaban J connectivity index is 1.67. The monoisotopic (exact) mass is 359 g/mol. The van der Waals surface area contributed by atoms with Crippen LogP contribution >= 0.6 is 11.6 Å². The summed E-state index contributed by atoms with van der Waals surface area (Å²) >= 11 is 6.25. The third-order valence-electron chi connectivity index (χ3n) is 4.69. The van der Waals surface area contributed by atoms with Crippen LogP contribution in [0.1, 0.15) is 23.5 Å². The second-order valence-corrected chi connectivity index (χ2v) is 6.75. The molecule has 1 amide bonds. The molecular formula is C20H22ClNO3. The fourth-order valence-electron chi connectivity index (χ4n) is 3.19. The predicted octanol–water partition coefficient (Wildman–Crippen LogP) is 4.12. The summed E-state index contributed by atoms with van der Waals surface area (Å²) < 4.78 is 10.6. The normalized spacial score (nSPS) is 18.6. The van der Waals surface area contributed by atoms with Crippen molar-refractivity contribution in [3.63, 3.8) is 0 Å². The third-order valence-corrected chi connectivity index (χ3v) is 5.03. The van der Waals surface area contributed by atoms with Crippen LogP contribution in [0.3, 0.4) is 0 Å². The third kappa shape index (κ3) is 3.74. The zero-order valence-electron chi connectivity index (χ0n) is 14.7. The van der Waals surface area contributed by atoms with E-state index < -0.39 is 0 Å². The first kappa shape index (κ1) is 17.6. The highest BCUT2D eigenvalue weighted by atomic mass is 35.5. The maximum Gasteiger partial charge on any atom is 0.226 e. The zero-order chi connectivity index (χ0) is 18.0. The smallest absolute Gasteiger partial charge is 0.226 e. The van der Waals surface area contributed by atoms with E-state index in [2.05, 4.69) is 0 Å². The number of benzene rings is 2. The number of halogens is 1. The molecule has 0 aliphatic heterocycles. The van der Waals surface area contributed by atoms with Crippen molar-refractivity contribution >= 4 is 17.5 Å². The number of carbonyl (C=O) groups excluding carboxylic acids is 1. The van der Waals surface area contributed by atoms with Crippen LogP contribution in [0.15, 0.2) is 42.5 Å². The Labute approximate surface area is 153 Å². The van der Waals surface area contributed by atoms with Crippen molar-refractivity contribution in [3.8, 4) is 11.5 Å². The Hall–Kier alpha value is -2.20. The van der Waals surface area contributed by atoms with Gasteiger partial charge in [-0.1, -0.05) is 29.8 Å². The van der Waals surface area contributed by atoms with E-state index in [0.29, 0.717) is 6.54 Å². The number of ether oxygens (including phenoxy) is 2. The van der Waals surface area contributed by atoms with Gasteiger partial charge in [0, 0.05) is 36.2 Å². The van der Waals surface area contributed by atoms with Crippen LogP contribution in [0.25, 0.3) is 0 Å². The van der Waals surface area contributed by atoms with E-state index >= 15 is 0 Å². The lowest BCUT2D eigenvalue weighted by Gasteiger charge is -2.19. The molecule has 2 unspecified atom stereocenters. The highest BCUT2D eigenvalue weighted by molar-refractivity contribution is 6.31. The molecule has 1 saturated carbocycles. The average Bonchev–Trinajstić information content (AvgIpc) is 3.42. The van der Waals surface area contributed by atoms with Gasteiger partial charge in [-0.25, -0.2) is 0 Å². The molecule has 0 bridgehead atoms. The van der Waals surface area contributed by atoms with Crippen molar-refractivity contribution in [1.82, 2.24) is 4.90 Å². The van der Waals surface area contributed by atoms with Crippen molar-refractivity contribution < 1.29 is 14.3 Å². The molecule has 3 rings (SSSR count). The van der Waals surface area contributed by atoms with E-state index in [1.165, 1.54) is 0 Å². The van der Waals surface area contributed by atoms with E-state index in [-0.39, 0.29) is 17.7 Å². The molecule has 1 fully saturated rings. The standard InChI is InChI=1S/C20H22ClNO3/c1-22(12-13-8-9-14(24-2)10-19(13)25-3)20(23)17-11-16(17)15-6-4-5-7-18(15)21/h4-10,16-17H,11-12H2,1-3H3. The molecule has 0 saturated heterocycles. The fourth-order valence-corrected chi connectivity index (χ4v) is 3.46. The molecule has 0 heterocycles. The Kier molecular flexibility index (Phi) is 5.19. The Morgan fingerprint density at radius 2 is 1.96 bits per heavy atom. The molecule has 4 nitrogen and oxygen atoms in total. The summed E-state index contributed by atoms with van der Waals surface area (Å²) in [6.07, 6.45) is 0.854. The van der Waals surface area contributed by atoms with Crippen molar-refractivity contribution in [2.45, 2.75) is 18.9 Å². The van der Waals surface area contributed by atoms with E-state index in [0.717, 1.165) is 34.1 Å². The van der Waals surface area contributed by atoms with Crippen LogP contribution in [-0.4, -0.2) is 32.1 Å². The van der Waals surface area contributed by atoms with Crippen molar-refractivity contribution in [1.29, 1.82) is 0 Å². The topological polar surface area (TPSA) is 38.8 Å². The van der Waals surface area contributed by atoms with Gasteiger partial charge in [-0.2, -0.15) is 0 Å². The van der Waals surface area contributed by atoms with Gasteiger partial charge >= 0.3 is 0 Å². The SMILES string of the molecule is COc1ccc(CN(C)C(=O)C2CC2c2ccccc2Cl)c(OC)c1. The maximum atomic E-state index is 12.7. The van der Waals surface area contributed by atoms with Crippen LogP contribution in [-0.2, 0) is 11.3 Å². The van der Waals surface area contributed by atoms with Crippen LogP contribution in [0.4, 0.5) is 0 Å². The largest absolute Gasteiger partial charge is 0.497 e. The average molecular weight is 360 g/mol. The minimum absolute atomic E-state index is 0.00847. The van der Waals surface area contributed by atoms with Gasteiger partial charge in [-0.3, -0.25) is 4.79 Å². The second-order valence-electron chi connectivity index (χ2n) is 6.34. The van der Waals surface area contributed by atoms with E-state index in [1.807, 2.05) is 49.5 Å². The summed E-state index contributed by atoms with van der Waals surface area (Å²) in [4.78, 5) is 14.5. The summed E-state index contributed by atoms with van der Waals surface area (Å²) in [7, 11) is 5.06. The fraction of sp³-hybridized carbons (Fsp3) is 0.350. The Morgan fingerprint density at radius 1 is 1.20 bits per heavy atom. The van der Waals surface area contributed by atoms with Gasteiger partial charge in [0.1, 0.15) is 11.5 Å². The van der Waals surface area contributed by atoms with Gasteiger partial charge in [0.15, 0.2) is 0 Å². The first-order chi connectivity index (χ1) is 12.0. The van der Waals surface area contributed by atoms with Gasteiger partial charge in [-0.15, -0.1) is 0 Å². The van der Waals surface area contributed by atoms with E-state index in [1.54, 1.807) is 19.1 Å². The van der Waals surface area contributed by atoms with E-state index in [9.17, 15) is 4.79 Å². The lowest BCUT2D eigenvalue weighted by Crippen LogP contribution is -2.28. The number of nitrogens with zero attached hydrogens (tertiary/aromatic N) is 1. The Bertz CT molecular complexity index is 777. The molecule has 2 aromatic carbocycles. The predicted molar refractivity (Wildman–Crippen MR) is 98.3 cm³/mol. The van der Waals surface area contributed by atoms with Crippen molar-refractivity contribution in [2.24, 2.45) is 5.92 Å². The van der Waals surface area contributed by atoms with Crippen LogP contribution in [0.5, 0.6) is 11.5 Å². The molecule has 25 heavy (non-hydrogen) atoms. The first-order valence-electron chi connectivity index (χ1n) is 8.25. The number of rotatable bonds is 6.